The average Bonchev–Trinajstić information content (AvgIpc) is 2.81. The van der Waals surface area contributed by atoms with E-state index < -0.39 is 17.4 Å². The van der Waals surface area contributed by atoms with Gasteiger partial charge in [-0.15, -0.1) is 0 Å². The van der Waals surface area contributed by atoms with Crippen molar-refractivity contribution in [1.29, 1.82) is 0 Å². The Morgan fingerprint density at radius 3 is 2.39 bits per heavy atom. The molecule has 2 atom stereocenters. The number of benzene rings is 1. The van der Waals surface area contributed by atoms with Crippen LogP contribution in [0.15, 0.2) is 12.1 Å². The number of amides is 1. The van der Waals surface area contributed by atoms with E-state index in [0.29, 0.717) is 0 Å². The van der Waals surface area contributed by atoms with Crippen LogP contribution < -0.4 is 5.32 Å². The second kappa shape index (κ2) is 8.70. The third-order valence-corrected chi connectivity index (χ3v) is 4.98. The molecule has 1 aromatic carbocycles. The molecule has 0 saturated heterocycles. The van der Waals surface area contributed by atoms with E-state index in [1.807, 2.05) is 32.9 Å². The van der Waals surface area contributed by atoms with Crippen LogP contribution in [0.3, 0.4) is 0 Å². The van der Waals surface area contributed by atoms with E-state index in [-0.39, 0.29) is 36.9 Å². The molecule has 0 aliphatic heterocycles. The highest BCUT2D eigenvalue weighted by Crippen LogP contribution is 2.37. The minimum Gasteiger partial charge on any atom is -0.372 e. The first-order chi connectivity index (χ1) is 13.1. The van der Waals surface area contributed by atoms with E-state index in [9.17, 15) is 14.4 Å². The van der Waals surface area contributed by atoms with Gasteiger partial charge in [0.1, 0.15) is 18.3 Å². The molecule has 0 spiro atoms. The van der Waals surface area contributed by atoms with Gasteiger partial charge >= 0.3 is 0 Å². The molecule has 150 valence electrons. The predicted octanol–water partition coefficient (Wildman–Crippen LogP) is 2.79. The number of methoxy groups -OCH3 is 1. The summed E-state index contributed by atoms with van der Waals surface area (Å²) < 4.78 is 4.89. The highest BCUT2D eigenvalue weighted by Gasteiger charge is 2.44. The van der Waals surface area contributed by atoms with Gasteiger partial charge in [-0.3, -0.25) is 14.4 Å². The summed E-state index contributed by atoms with van der Waals surface area (Å²) in [7, 11) is 1.55. The molecule has 2 rings (SSSR count). The number of hydrogen-bond acceptors (Lipinski definition) is 4. The zero-order chi connectivity index (χ0) is 21.1. The lowest BCUT2D eigenvalue weighted by molar-refractivity contribution is -0.129. The van der Waals surface area contributed by atoms with Crippen molar-refractivity contribution >= 4 is 17.5 Å². The van der Waals surface area contributed by atoms with Gasteiger partial charge in [-0.25, -0.2) is 0 Å². The lowest BCUT2D eigenvalue weighted by atomic mass is 9.86. The highest BCUT2D eigenvalue weighted by atomic mass is 16.5. The van der Waals surface area contributed by atoms with Crippen LogP contribution in [-0.4, -0.2) is 36.7 Å². The molecule has 0 radical (unpaired) electrons. The molecule has 1 aromatic rings. The third-order valence-electron chi connectivity index (χ3n) is 4.98. The van der Waals surface area contributed by atoms with E-state index >= 15 is 0 Å². The van der Waals surface area contributed by atoms with Crippen molar-refractivity contribution in [2.24, 2.45) is 5.92 Å². The SMILES string of the molecule is COCC#CC(C)(C)NC(=O)CC1CC(=O)C(c2c(C)cc(C)cc2C)C1=O. The third kappa shape index (κ3) is 5.08. The van der Waals surface area contributed by atoms with E-state index in [1.165, 1.54) is 0 Å². The second-order valence-corrected chi connectivity index (χ2v) is 8.13. The fourth-order valence-corrected chi connectivity index (χ4v) is 3.96. The Balaban J connectivity index is 2.12. The van der Waals surface area contributed by atoms with Crippen LogP contribution in [0.5, 0.6) is 0 Å². The molecule has 2 unspecified atom stereocenters. The summed E-state index contributed by atoms with van der Waals surface area (Å²) >= 11 is 0. The first-order valence-corrected chi connectivity index (χ1v) is 9.50. The summed E-state index contributed by atoms with van der Waals surface area (Å²) in [4.78, 5) is 38.1. The van der Waals surface area contributed by atoms with Crippen molar-refractivity contribution < 1.29 is 19.1 Å². The van der Waals surface area contributed by atoms with Gasteiger partial charge in [0.25, 0.3) is 0 Å². The summed E-state index contributed by atoms with van der Waals surface area (Å²) in [6, 6.07) is 3.98. The lowest BCUT2D eigenvalue weighted by Crippen LogP contribution is -2.43. The summed E-state index contributed by atoms with van der Waals surface area (Å²) in [6.07, 6.45) is 0.111. The summed E-state index contributed by atoms with van der Waals surface area (Å²) in [6.45, 7) is 9.71. The predicted molar refractivity (Wildman–Crippen MR) is 108 cm³/mol. The molecule has 5 nitrogen and oxygen atoms in total. The zero-order valence-corrected chi connectivity index (χ0v) is 17.6. The van der Waals surface area contributed by atoms with E-state index in [2.05, 4.69) is 17.2 Å². The van der Waals surface area contributed by atoms with Crippen molar-refractivity contribution in [2.75, 3.05) is 13.7 Å². The maximum atomic E-state index is 13.0. The van der Waals surface area contributed by atoms with Crippen molar-refractivity contribution in [3.63, 3.8) is 0 Å². The fraction of sp³-hybridized carbons (Fsp3) is 0.522. The normalized spacial score (nSPS) is 19.4. The van der Waals surface area contributed by atoms with Gasteiger partial charge < -0.3 is 10.1 Å². The Bertz CT molecular complexity index is 834. The second-order valence-electron chi connectivity index (χ2n) is 8.13. The van der Waals surface area contributed by atoms with Gasteiger partial charge in [0.2, 0.25) is 5.91 Å². The van der Waals surface area contributed by atoms with Gasteiger partial charge in [-0.2, -0.15) is 0 Å². The molecule has 0 heterocycles. The highest BCUT2D eigenvalue weighted by molar-refractivity contribution is 6.15. The molecule has 1 aliphatic rings. The van der Waals surface area contributed by atoms with Crippen molar-refractivity contribution in [2.45, 2.75) is 58.9 Å². The number of ether oxygens (including phenoxy) is 1. The molecule has 1 saturated carbocycles. The first kappa shape index (κ1) is 21.8. The largest absolute Gasteiger partial charge is 0.372 e. The number of carbonyl (C=O) groups excluding carboxylic acids is 3. The Morgan fingerprint density at radius 2 is 1.82 bits per heavy atom. The molecule has 28 heavy (non-hydrogen) atoms. The molecule has 5 heteroatoms. The Kier molecular flexibility index (Phi) is 6.79. The topological polar surface area (TPSA) is 72.5 Å². The number of nitrogens with one attached hydrogen (secondary N) is 1. The van der Waals surface area contributed by atoms with Gasteiger partial charge in [0, 0.05) is 25.9 Å². The van der Waals surface area contributed by atoms with E-state index in [1.54, 1.807) is 21.0 Å². The van der Waals surface area contributed by atoms with E-state index in [4.69, 9.17) is 4.74 Å². The van der Waals surface area contributed by atoms with Crippen LogP contribution >= 0.6 is 0 Å². The quantitative estimate of drug-likeness (QED) is 0.627. The van der Waals surface area contributed by atoms with Crippen LogP contribution in [0.4, 0.5) is 0 Å². The molecule has 0 bridgehead atoms. The first-order valence-electron chi connectivity index (χ1n) is 9.50. The van der Waals surface area contributed by atoms with E-state index in [0.717, 1.165) is 22.3 Å². The molecule has 1 aliphatic carbocycles. The average molecular weight is 383 g/mol. The smallest absolute Gasteiger partial charge is 0.221 e. The minimum atomic E-state index is -0.757. The molecular formula is C23H29NO4. The standard InChI is InChI=1S/C23H29NO4/c1-14-10-15(2)20(16(3)11-14)21-18(25)12-17(22(21)27)13-19(26)24-23(4,5)8-7-9-28-6/h10-11,17,21H,9,12-13H2,1-6H3,(H,24,26). The van der Waals surface area contributed by atoms with Gasteiger partial charge in [0.15, 0.2) is 5.78 Å². The molecule has 1 amide bonds. The van der Waals surface area contributed by atoms with Crippen LogP contribution in [0.25, 0.3) is 0 Å². The molecule has 1 fully saturated rings. The number of carbonyl (C=O) groups is 3. The van der Waals surface area contributed by atoms with Gasteiger partial charge in [0.05, 0.1) is 5.54 Å². The zero-order valence-electron chi connectivity index (χ0n) is 17.6. The van der Waals surface area contributed by atoms with Crippen LogP contribution in [-0.2, 0) is 19.1 Å². The van der Waals surface area contributed by atoms with Gasteiger partial charge in [-0.05, 0) is 51.3 Å². The number of Topliss-reactive ketones (excluding diaryl/α,β-unsaturated/α-hetero) is 2. The van der Waals surface area contributed by atoms with Crippen LogP contribution in [0.1, 0.15) is 54.9 Å². The Morgan fingerprint density at radius 1 is 1.21 bits per heavy atom. The molecular weight excluding hydrogens is 354 g/mol. The fourth-order valence-electron chi connectivity index (χ4n) is 3.96. The molecule has 1 N–H and O–H groups in total. The monoisotopic (exact) mass is 383 g/mol. The Hall–Kier alpha value is -2.45. The maximum Gasteiger partial charge on any atom is 0.221 e. The summed E-state index contributed by atoms with van der Waals surface area (Å²) in [5.41, 5.74) is 3.07. The number of hydrogen-bond donors (Lipinski definition) is 1. The number of rotatable bonds is 5. The molecule has 0 aromatic heterocycles. The number of ketones is 2. The minimum absolute atomic E-state index is 0.000414. The lowest BCUT2D eigenvalue weighted by Gasteiger charge is -2.21. The maximum absolute atomic E-state index is 13.0. The van der Waals surface area contributed by atoms with Crippen LogP contribution in [0, 0.1) is 38.5 Å². The summed E-state index contributed by atoms with van der Waals surface area (Å²) in [5, 5.41) is 2.83. The van der Waals surface area contributed by atoms with Gasteiger partial charge in [-0.1, -0.05) is 29.5 Å². The van der Waals surface area contributed by atoms with Crippen molar-refractivity contribution in [3.8, 4) is 11.8 Å². The van der Waals surface area contributed by atoms with Crippen molar-refractivity contribution in [3.05, 3.63) is 34.4 Å². The Labute approximate surface area is 167 Å². The van der Waals surface area contributed by atoms with Crippen molar-refractivity contribution in [1.82, 2.24) is 5.32 Å². The summed E-state index contributed by atoms with van der Waals surface area (Å²) in [5.74, 6) is 3.89. The van der Waals surface area contributed by atoms with Crippen LogP contribution in [0.2, 0.25) is 0 Å². The number of aryl methyl sites for hydroxylation is 3.